The molecular formula is C27H36O4. The van der Waals surface area contributed by atoms with E-state index in [1.54, 1.807) is 17.9 Å². The number of fused-ring (bicyclic) bond motifs is 5. The fourth-order valence-corrected chi connectivity index (χ4v) is 8.00. The molecule has 168 valence electrons. The van der Waals surface area contributed by atoms with Crippen molar-refractivity contribution in [2.24, 2.45) is 28.6 Å². The van der Waals surface area contributed by atoms with Crippen molar-refractivity contribution in [3.63, 3.8) is 0 Å². The van der Waals surface area contributed by atoms with Gasteiger partial charge in [0.05, 0.1) is 6.26 Å². The first-order chi connectivity index (χ1) is 14.8. The monoisotopic (exact) mass is 424 g/mol. The molecule has 0 spiro atoms. The van der Waals surface area contributed by atoms with E-state index in [0.717, 1.165) is 25.2 Å². The van der Waals surface area contributed by atoms with Gasteiger partial charge in [0, 0.05) is 12.5 Å². The zero-order valence-electron chi connectivity index (χ0n) is 19.2. The molecule has 7 atom stereocenters. The molecule has 4 heteroatoms. The summed E-state index contributed by atoms with van der Waals surface area (Å²) in [5.74, 6) is 2.45. The number of rotatable bonds is 3. The molecule has 0 N–H and O–H groups in total. The van der Waals surface area contributed by atoms with Crippen LogP contribution in [0.3, 0.4) is 0 Å². The average molecular weight is 425 g/mol. The van der Waals surface area contributed by atoms with E-state index in [2.05, 4.69) is 19.9 Å². The number of carbonyl (C=O) groups is 1. The molecule has 3 saturated carbocycles. The molecule has 0 amide bonds. The summed E-state index contributed by atoms with van der Waals surface area (Å²) in [5, 5.41) is 0. The number of hydrogen-bond donors (Lipinski definition) is 0. The fourth-order valence-electron chi connectivity index (χ4n) is 8.00. The molecule has 1 aromatic heterocycles. The van der Waals surface area contributed by atoms with Crippen molar-refractivity contribution in [1.82, 2.24) is 0 Å². The molecule has 31 heavy (non-hydrogen) atoms. The van der Waals surface area contributed by atoms with Gasteiger partial charge in [0.15, 0.2) is 0 Å². The minimum atomic E-state index is -0.268. The maximum atomic E-state index is 11.8. The van der Waals surface area contributed by atoms with Crippen LogP contribution in [0.15, 0.2) is 39.3 Å². The first-order valence-electron chi connectivity index (χ1n) is 12.3. The smallest absolute Gasteiger partial charge is 0.335 e. The maximum absolute atomic E-state index is 11.8. The molecular weight excluding hydrogens is 388 g/mol. The fraction of sp³-hybridized carbons (Fsp3) is 0.704. The van der Waals surface area contributed by atoms with E-state index in [-0.39, 0.29) is 23.1 Å². The highest BCUT2D eigenvalue weighted by molar-refractivity contribution is 5.69. The Morgan fingerprint density at radius 3 is 2.74 bits per heavy atom. The molecule has 0 bridgehead atoms. The van der Waals surface area contributed by atoms with E-state index in [0.29, 0.717) is 29.6 Å². The number of hydrogen-bond acceptors (Lipinski definition) is 4. The summed E-state index contributed by atoms with van der Waals surface area (Å²) in [6.07, 6.45) is 14.1. The van der Waals surface area contributed by atoms with E-state index in [9.17, 15) is 9.59 Å². The third-order valence-corrected chi connectivity index (χ3v) is 9.73. The lowest BCUT2D eigenvalue weighted by molar-refractivity contribution is -0.157. The third-order valence-electron chi connectivity index (χ3n) is 9.73. The molecule has 7 unspecified atom stereocenters. The van der Waals surface area contributed by atoms with Gasteiger partial charge in [-0.3, -0.25) is 4.79 Å². The summed E-state index contributed by atoms with van der Waals surface area (Å²) in [6, 6.07) is 3.54. The second-order valence-electron chi connectivity index (χ2n) is 11.0. The predicted octanol–water partition coefficient (Wildman–Crippen LogP) is 6.01. The Morgan fingerprint density at radius 1 is 1.16 bits per heavy atom. The van der Waals surface area contributed by atoms with Crippen molar-refractivity contribution < 1.29 is 13.9 Å². The molecule has 0 aromatic carbocycles. The van der Waals surface area contributed by atoms with Crippen molar-refractivity contribution >= 4 is 5.97 Å². The maximum Gasteiger partial charge on any atom is 0.335 e. The highest BCUT2D eigenvalue weighted by Crippen LogP contribution is 2.67. The normalized spacial score (nSPS) is 41.5. The predicted molar refractivity (Wildman–Crippen MR) is 120 cm³/mol. The van der Waals surface area contributed by atoms with Crippen molar-refractivity contribution in [2.45, 2.75) is 90.6 Å². The minimum Gasteiger partial charge on any atom is -0.462 e. The molecule has 5 rings (SSSR count). The number of carbonyl (C=O) groups excluding carboxylic acids is 1. The largest absolute Gasteiger partial charge is 0.462 e. The number of esters is 1. The van der Waals surface area contributed by atoms with Gasteiger partial charge in [-0.1, -0.05) is 32.4 Å². The highest BCUT2D eigenvalue weighted by atomic mass is 16.5. The van der Waals surface area contributed by atoms with Crippen LogP contribution in [0.1, 0.15) is 90.0 Å². The van der Waals surface area contributed by atoms with Gasteiger partial charge in [-0.15, -0.1) is 0 Å². The lowest BCUT2D eigenvalue weighted by Gasteiger charge is -2.59. The van der Waals surface area contributed by atoms with Gasteiger partial charge in [-0.2, -0.15) is 0 Å². The second-order valence-corrected chi connectivity index (χ2v) is 11.0. The van der Waals surface area contributed by atoms with E-state index < -0.39 is 0 Å². The Balaban J connectivity index is 1.35. The van der Waals surface area contributed by atoms with Crippen LogP contribution < -0.4 is 5.63 Å². The first kappa shape index (κ1) is 21.0. The van der Waals surface area contributed by atoms with Gasteiger partial charge in [0.2, 0.25) is 0 Å². The standard InChI is InChI=1S/C27H36O4/c1-4-24(28)31-19-11-13-26(2)18(15-19)6-7-20-22-9-8-21(17-5-10-25(29)30-16-17)27(22,3)14-12-23(20)26/h5,9-10,16,18-21,23H,4,6-8,11-15H2,1-3H3. The zero-order valence-corrected chi connectivity index (χ0v) is 19.2. The van der Waals surface area contributed by atoms with Crippen molar-refractivity contribution in [1.29, 1.82) is 0 Å². The SMILES string of the molecule is CCC(=O)OC1CCC2(C)C(CCC3C4=CCC(c5ccc(=O)oc5)C4(C)CCC32)C1. The van der Waals surface area contributed by atoms with Crippen LogP contribution in [-0.4, -0.2) is 12.1 Å². The molecule has 0 aliphatic heterocycles. The number of allylic oxidation sites excluding steroid dienone is 2. The Labute approximate surface area is 185 Å². The molecule has 1 heterocycles. The molecule has 0 saturated heterocycles. The summed E-state index contributed by atoms with van der Waals surface area (Å²) in [6.45, 7) is 6.87. The van der Waals surface area contributed by atoms with Gasteiger partial charge < -0.3 is 9.15 Å². The Morgan fingerprint density at radius 2 is 2.00 bits per heavy atom. The van der Waals surface area contributed by atoms with Gasteiger partial charge >= 0.3 is 11.6 Å². The Bertz CT molecular complexity index is 924. The van der Waals surface area contributed by atoms with E-state index in [4.69, 9.17) is 9.15 Å². The van der Waals surface area contributed by atoms with Crippen LogP contribution in [0.25, 0.3) is 0 Å². The Hall–Kier alpha value is -1.84. The molecule has 4 aliphatic rings. The van der Waals surface area contributed by atoms with E-state index >= 15 is 0 Å². The Kier molecular flexibility index (Phi) is 5.18. The highest BCUT2D eigenvalue weighted by Gasteiger charge is 2.58. The van der Waals surface area contributed by atoms with Gasteiger partial charge in [0.1, 0.15) is 6.10 Å². The zero-order chi connectivity index (χ0) is 21.8. The van der Waals surface area contributed by atoms with Crippen LogP contribution in [0, 0.1) is 28.6 Å². The lowest BCUT2D eigenvalue weighted by atomic mass is 9.46. The lowest BCUT2D eigenvalue weighted by Crippen LogP contribution is -2.52. The van der Waals surface area contributed by atoms with Crippen molar-refractivity contribution in [2.75, 3.05) is 0 Å². The molecule has 1 aromatic rings. The van der Waals surface area contributed by atoms with Gasteiger partial charge in [-0.05, 0) is 97.5 Å². The molecule has 4 nitrogen and oxygen atoms in total. The van der Waals surface area contributed by atoms with Gasteiger partial charge in [0.25, 0.3) is 0 Å². The summed E-state index contributed by atoms with van der Waals surface area (Å²) in [4.78, 5) is 23.3. The van der Waals surface area contributed by atoms with Gasteiger partial charge in [-0.25, -0.2) is 4.79 Å². The van der Waals surface area contributed by atoms with E-state index in [1.807, 2.05) is 13.0 Å². The third kappa shape index (κ3) is 3.32. The minimum absolute atomic E-state index is 0.0466. The molecule has 3 fully saturated rings. The summed E-state index contributed by atoms with van der Waals surface area (Å²) in [5.41, 5.74) is 3.12. The first-order valence-corrected chi connectivity index (χ1v) is 12.3. The van der Waals surface area contributed by atoms with Crippen LogP contribution >= 0.6 is 0 Å². The van der Waals surface area contributed by atoms with Crippen LogP contribution in [0.5, 0.6) is 0 Å². The quantitative estimate of drug-likeness (QED) is 0.440. The molecule has 0 radical (unpaired) electrons. The summed E-state index contributed by atoms with van der Waals surface area (Å²) < 4.78 is 11.0. The van der Waals surface area contributed by atoms with Crippen molar-refractivity contribution in [3.05, 3.63) is 46.0 Å². The second kappa shape index (κ2) is 7.64. The van der Waals surface area contributed by atoms with Crippen molar-refractivity contribution in [3.8, 4) is 0 Å². The topological polar surface area (TPSA) is 56.5 Å². The van der Waals surface area contributed by atoms with Crippen LogP contribution in [0.4, 0.5) is 0 Å². The summed E-state index contributed by atoms with van der Waals surface area (Å²) >= 11 is 0. The summed E-state index contributed by atoms with van der Waals surface area (Å²) in [7, 11) is 0. The van der Waals surface area contributed by atoms with E-state index in [1.165, 1.54) is 37.7 Å². The average Bonchev–Trinajstić information content (AvgIpc) is 3.11. The van der Waals surface area contributed by atoms with Crippen LogP contribution in [0.2, 0.25) is 0 Å². The van der Waals surface area contributed by atoms with Crippen LogP contribution in [-0.2, 0) is 9.53 Å². The molecule has 4 aliphatic carbocycles. The number of ether oxygens (including phenoxy) is 1.